The van der Waals surface area contributed by atoms with Gasteiger partial charge in [0.05, 0.1) is 10.6 Å². The summed E-state index contributed by atoms with van der Waals surface area (Å²) in [5, 5.41) is 3.39. The smallest absolute Gasteiger partial charge is 0.264 e. The van der Waals surface area contributed by atoms with Crippen molar-refractivity contribution < 1.29 is 14.3 Å². The first-order valence-electron chi connectivity index (χ1n) is 7.44. The van der Waals surface area contributed by atoms with Gasteiger partial charge in [-0.25, -0.2) is 4.99 Å². The van der Waals surface area contributed by atoms with E-state index in [4.69, 9.17) is 9.47 Å². The summed E-state index contributed by atoms with van der Waals surface area (Å²) in [4.78, 5) is 17.3. The predicted molar refractivity (Wildman–Crippen MR) is 94.5 cm³/mol. The quantitative estimate of drug-likeness (QED) is 0.850. The topological polar surface area (TPSA) is 59.9 Å². The molecule has 4 rings (SSSR count). The van der Waals surface area contributed by atoms with Gasteiger partial charge in [0.15, 0.2) is 16.7 Å². The highest BCUT2D eigenvalue weighted by Crippen LogP contribution is 2.35. The molecule has 2 aliphatic rings. The number of aliphatic imine (C=N–C) groups is 1. The van der Waals surface area contributed by atoms with E-state index in [1.807, 2.05) is 55.5 Å². The molecule has 0 saturated carbocycles. The minimum Gasteiger partial charge on any atom is -0.454 e. The highest BCUT2D eigenvalue weighted by Gasteiger charge is 2.24. The van der Waals surface area contributed by atoms with Gasteiger partial charge in [-0.1, -0.05) is 24.3 Å². The number of benzene rings is 2. The van der Waals surface area contributed by atoms with Crippen molar-refractivity contribution in [2.75, 3.05) is 6.79 Å². The third-order valence-electron chi connectivity index (χ3n) is 3.68. The molecule has 1 saturated heterocycles. The Morgan fingerprint density at radius 2 is 2.00 bits per heavy atom. The number of ether oxygens (including phenoxy) is 2. The lowest BCUT2D eigenvalue weighted by Gasteiger charge is -2.00. The van der Waals surface area contributed by atoms with Crippen molar-refractivity contribution in [2.24, 2.45) is 4.99 Å². The molecule has 2 aliphatic heterocycles. The van der Waals surface area contributed by atoms with Crippen molar-refractivity contribution in [3.05, 3.63) is 58.5 Å². The van der Waals surface area contributed by atoms with Gasteiger partial charge in [0.2, 0.25) is 6.79 Å². The van der Waals surface area contributed by atoms with Gasteiger partial charge in [-0.3, -0.25) is 4.79 Å². The van der Waals surface area contributed by atoms with E-state index >= 15 is 0 Å². The molecule has 120 valence electrons. The molecule has 6 heteroatoms. The van der Waals surface area contributed by atoms with Gasteiger partial charge in [-0.2, -0.15) is 0 Å². The maximum atomic E-state index is 12.2. The summed E-state index contributed by atoms with van der Waals surface area (Å²) in [6.07, 6.45) is 1.82. The van der Waals surface area contributed by atoms with Gasteiger partial charge in [-0.15, -0.1) is 0 Å². The first kappa shape index (κ1) is 14.8. The minimum atomic E-state index is -0.148. The van der Waals surface area contributed by atoms with Crippen LogP contribution >= 0.6 is 11.8 Å². The second kappa shape index (κ2) is 6.05. The third kappa shape index (κ3) is 2.88. The summed E-state index contributed by atoms with van der Waals surface area (Å²) in [6.45, 7) is 2.22. The Kier molecular flexibility index (Phi) is 3.74. The molecule has 0 spiro atoms. The van der Waals surface area contributed by atoms with Gasteiger partial charge in [0.25, 0.3) is 5.91 Å². The zero-order valence-corrected chi connectivity index (χ0v) is 13.7. The number of nitrogens with zero attached hydrogens (tertiary/aromatic N) is 1. The van der Waals surface area contributed by atoms with Crippen LogP contribution < -0.4 is 14.8 Å². The molecule has 0 aliphatic carbocycles. The Balaban J connectivity index is 1.59. The molecule has 5 nitrogen and oxygen atoms in total. The van der Waals surface area contributed by atoms with E-state index in [-0.39, 0.29) is 12.7 Å². The predicted octanol–water partition coefficient (Wildman–Crippen LogP) is 3.62. The Bertz CT molecular complexity index is 890. The molecule has 0 unspecified atom stereocenters. The fourth-order valence-corrected chi connectivity index (χ4v) is 3.27. The highest BCUT2D eigenvalue weighted by molar-refractivity contribution is 8.18. The third-order valence-corrected chi connectivity index (χ3v) is 4.59. The molecule has 2 aromatic carbocycles. The van der Waals surface area contributed by atoms with Crippen LogP contribution in [0.15, 0.2) is 52.4 Å². The standard InChI is InChI=1S/C18H14N2O3S/c1-11-4-2-3-5-13(11)19-18-20-17(21)16(24-18)9-12-6-7-14-15(8-12)23-10-22-14/h2-9H,10H2,1H3,(H,19,20,21). The summed E-state index contributed by atoms with van der Waals surface area (Å²) >= 11 is 1.33. The van der Waals surface area contributed by atoms with E-state index in [2.05, 4.69) is 10.3 Å². The van der Waals surface area contributed by atoms with Crippen LogP contribution in [0.1, 0.15) is 11.1 Å². The van der Waals surface area contributed by atoms with Crippen LogP contribution in [0.4, 0.5) is 5.69 Å². The lowest BCUT2D eigenvalue weighted by Crippen LogP contribution is -2.19. The number of amidine groups is 1. The molecule has 2 heterocycles. The van der Waals surface area contributed by atoms with E-state index in [9.17, 15) is 4.79 Å². The molecule has 0 radical (unpaired) electrons. The Hall–Kier alpha value is -2.73. The van der Waals surface area contributed by atoms with E-state index in [1.165, 1.54) is 11.8 Å². The fraction of sp³-hybridized carbons (Fsp3) is 0.111. The summed E-state index contributed by atoms with van der Waals surface area (Å²) in [6, 6.07) is 13.4. The number of aryl methyl sites for hydroxylation is 1. The number of thioether (sulfide) groups is 1. The largest absolute Gasteiger partial charge is 0.454 e. The molecule has 1 amide bonds. The molecular formula is C18H14N2O3S. The van der Waals surface area contributed by atoms with Crippen molar-refractivity contribution in [3.8, 4) is 11.5 Å². The Morgan fingerprint density at radius 3 is 2.88 bits per heavy atom. The van der Waals surface area contributed by atoms with Gasteiger partial charge in [-0.05, 0) is 54.1 Å². The highest BCUT2D eigenvalue weighted by atomic mass is 32.2. The van der Waals surface area contributed by atoms with Gasteiger partial charge >= 0.3 is 0 Å². The molecule has 2 aromatic rings. The SMILES string of the molecule is Cc1ccccc1N=C1NC(=O)C(=Cc2ccc3c(c2)OCO3)S1. The number of hydrogen-bond donors (Lipinski definition) is 1. The van der Waals surface area contributed by atoms with Crippen LogP contribution in [0.25, 0.3) is 6.08 Å². The molecule has 1 N–H and O–H groups in total. The summed E-state index contributed by atoms with van der Waals surface area (Å²) in [7, 11) is 0. The van der Waals surface area contributed by atoms with E-state index in [0.29, 0.717) is 15.8 Å². The van der Waals surface area contributed by atoms with Crippen LogP contribution in [-0.4, -0.2) is 17.9 Å². The number of para-hydroxylation sites is 1. The lowest BCUT2D eigenvalue weighted by molar-refractivity contribution is -0.115. The number of fused-ring (bicyclic) bond motifs is 1. The zero-order chi connectivity index (χ0) is 16.5. The molecule has 1 fully saturated rings. The van der Waals surface area contributed by atoms with Crippen molar-refractivity contribution in [2.45, 2.75) is 6.92 Å². The first-order valence-corrected chi connectivity index (χ1v) is 8.25. The van der Waals surface area contributed by atoms with Crippen LogP contribution in [0.2, 0.25) is 0 Å². The van der Waals surface area contributed by atoms with Crippen LogP contribution in [0.5, 0.6) is 11.5 Å². The second-order valence-corrected chi connectivity index (χ2v) is 6.41. The summed E-state index contributed by atoms with van der Waals surface area (Å²) in [5.41, 5.74) is 2.80. The number of nitrogens with one attached hydrogen (secondary N) is 1. The summed E-state index contributed by atoms with van der Waals surface area (Å²) in [5.74, 6) is 1.27. The van der Waals surface area contributed by atoms with Crippen molar-refractivity contribution >= 4 is 34.6 Å². The van der Waals surface area contributed by atoms with Gasteiger partial charge < -0.3 is 14.8 Å². The van der Waals surface area contributed by atoms with Crippen molar-refractivity contribution in [3.63, 3.8) is 0 Å². The van der Waals surface area contributed by atoms with E-state index in [0.717, 1.165) is 22.6 Å². The zero-order valence-electron chi connectivity index (χ0n) is 12.9. The molecule has 0 aromatic heterocycles. The van der Waals surface area contributed by atoms with E-state index < -0.39 is 0 Å². The average molecular weight is 338 g/mol. The maximum Gasteiger partial charge on any atom is 0.264 e. The number of rotatable bonds is 2. The molecule has 0 bridgehead atoms. The minimum absolute atomic E-state index is 0.148. The lowest BCUT2D eigenvalue weighted by atomic mass is 10.2. The van der Waals surface area contributed by atoms with E-state index in [1.54, 1.807) is 0 Å². The van der Waals surface area contributed by atoms with Crippen LogP contribution in [0.3, 0.4) is 0 Å². The van der Waals surface area contributed by atoms with Crippen LogP contribution in [0, 0.1) is 6.92 Å². The van der Waals surface area contributed by atoms with Gasteiger partial charge in [0, 0.05) is 0 Å². The average Bonchev–Trinajstić information content (AvgIpc) is 3.16. The van der Waals surface area contributed by atoms with Crippen molar-refractivity contribution in [1.29, 1.82) is 0 Å². The monoisotopic (exact) mass is 338 g/mol. The maximum absolute atomic E-state index is 12.2. The number of hydrogen-bond acceptors (Lipinski definition) is 5. The first-order chi connectivity index (χ1) is 11.7. The van der Waals surface area contributed by atoms with Gasteiger partial charge in [0.1, 0.15) is 0 Å². The summed E-state index contributed by atoms with van der Waals surface area (Å²) < 4.78 is 10.7. The molecule has 24 heavy (non-hydrogen) atoms. The Labute approximate surface area is 143 Å². The fourth-order valence-electron chi connectivity index (χ4n) is 2.43. The Morgan fingerprint density at radius 1 is 1.17 bits per heavy atom. The molecule has 0 atom stereocenters. The second-order valence-electron chi connectivity index (χ2n) is 5.38. The van der Waals surface area contributed by atoms with Crippen molar-refractivity contribution in [1.82, 2.24) is 5.32 Å². The number of carbonyl (C=O) groups excluding carboxylic acids is 1. The molecular weight excluding hydrogens is 324 g/mol. The normalized spacial score (nSPS) is 19.1. The number of amides is 1. The van der Waals surface area contributed by atoms with Crippen LogP contribution in [-0.2, 0) is 4.79 Å². The number of carbonyl (C=O) groups is 1.